The lowest BCUT2D eigenvalue weighted by molar-refractivity contribution is -0.143. The largest absolute Gasteiger partial charge is 0.466 e. The van der Waals surface area contributed by atoms with Crippen molar-refractivity contribution in [1.29, 1.82) is 0 Å². The van der Waals surface area contributed by atoms with Crippen LogP contribution in [0.5, 0.6) is 0 Å². The fourth-order valence-electron chi connectivity index (χ4n) is 0.962. The van der Waals surface area contributed by atoms with Crippen molar-refractivity contribution in [2.75, 3.05) is 12.4 Å². The highest BCUT2D eigenvalue weighted by Crippen LogP contribution is 2.22. The highest BCUT2D eigenvalue weighted by Gasteiger charge is 2.14. The van der Waals surface area contributed by atoms with Crippen LogP contribution in [-0.2, 0) is 9.53 Å². The van der Waals surface area contributed by atoms with Crippen LogP contribution in [0.3, 0.4) is 0 Å². The van der Waals surface area contributed by atoms with E-state index in [2.05, 4.69) is 6.08 Å². The van der Waals surface area contributed by atoms with Gasteiger partial charge in [0, 0.05) is 5.75 Å². The second kappa shape index (κ2) is 4.44. The van der Waals surface area contributed by atoms with Gasteiger partial charge in [-0.1, -0.05) is 6.08 Å². The lowest BCUT2D eigenvalue weighted by atomic mass is 10.1. The zero-order valence-electron chi connectivity index (χ0n) is 6.58. The Balaban J connectivity index is 2.19. The molecule has 0 aromatic carbocycles. The Bertz CT molecular complexity index is 165. The lowest BCUT2D eigenvalue weighted by Crippen LogP contribution is -2.09. The van der Waals surface area contributed by atoms with E-state index in [9.17, 15) is 4.79 Å². The van der Waals surface area contributed by atoms with Gasteiger partial charge in [0.05, 0.1) is 13.0 Å². The van der Waals surface area contributed by atoms with Crippen molar-refractivity contribution in [3.05, 3.63) is 11.5 Å². The smallest absolute Gasteiger partial charge is 0.306 e. The third kappa shape index (κ3) is 2.97. The molecule has 3 heteroatoms. The van der Waals surface area contributed by atoms with E-state index in [1.54, 1.807) is 11.8 Å². The summed E-state index contributed by atoms with van der Waals surface area (Å²) in [4.78, 5) is 10.9. The van der Waals surface area contributed by atoms with Crippen LogP contribution < -0.4 is 0 Å². The lowest BCUT2D eigenvalue weighted by Gasteiger charge is -2.04. The molecule has 1 aliphatic heterocycles. The Morgan fingerprint density at radius 3 is 3.18 bits per heavy atom. The molecule has 1 rings (SSSR count). The first-order chi connectivity index (χ1) is 5.33. The van der Waals surface area contributed by atoms with Crippen molar-refractivity contribution < 1.29 is 9.53 Å². The normalized spacial score (nSPS) is 22.1. The second-order valence-electron chi connectivity index (χ2n) is 2.43. The number of esters is 1. The first kappa shape index (κ1) is 8.65. The number of carbonyl (C=O) groups excluding carboxylic acids is 1. The second-order valence-corrected chi connectivity index (χ2v) is 3.37. The molecule has 0 saturated heterocycles. The molecular formula is C8H12O2S. The highest BCUT2D eigenvalue weighted by molar-refractivity contribution is 8.02. The summed E-state index contributed by atoms with van der Waals surface area (Å²) in [5.41, 5.74) is 0. The van der Waals surface area contributed by atoms with Crippen molar-refractivity contribution in [3.63, 3.8) is 0 Å². The fourth-order valence-corrected chi connectivity index (χ4v) is 1.88. The summed E-state index contributed by atoms with van der Waals surface area (Å²) in [7, 11) is 0. The van der Waals surface area contributed by atoms with Crippen molar-refractivity contribution in [1.82, 2.24) is 0 Å². The Morgan fingerprint density at radius 2 is 2.64 bits per heavy atom. The molecule has 0 amide bonds. The van der Waals surface area contributed by atoms with E-state index in [4.69, 9.17) is 4.74 Å². The van der Waals surface area contributed by atoms with Crippen LogP contribution in [-0.4, -0.2) is 18.3 Å². The van der Waals surface area contributed by atoms with E-state index in [0.717, 1.165) is 5.75 Å². The quantitative estimate of drug-likeness (QED) is 0.607. The van der Waals surface area contributed by atoms with Crippen molar-refractivity contribution in [2.45, 2.75) is 13.3 Å². The SMILES string of the molecule is CCOC(=O)CC1C=CSC1. The molecule has 0 aliphatic carbocycles. The minimum Gasteiger partial charge on any atom is -0.466 e. The molecule has 1 unspecified atom stereocenters. The topological polar surface area (TPSA) is 26.3 Å². The van der Waals surface area contributed by atoms with Gasteiger partial charge in [-0.2, -0.15) is 0 Å². The minimum atomic E-state index is -0.0790. The summed E-state index contributed by atoms with van der Waals surface area (Å²) < 4.78 is 4.82. The van der Waals surface area contributed by atoms with Crippen LogP contribution in [0.25, 0.3) is 0 Å². The molecule has 1 aliphatic rings. The van der Waals surface area contributed by atoms with E-state index in [-0.39, 0.29) is 5.97 Å². The van der Waals surface area contributed by atoms with E-state index >= 15 is 0 Å². The summed E-state index contributed by atoms with van der Waals surface area (Å²) in [6.07, 6.45) is 2.61. The molecule has 0 aromatic rings. The van der Waals surface area contributed by atoms with Gasteiger partial charge in [0.15, 0.2) is 0 Å². The minimum absolute atomic E-state index is 0.0790. The van der Waals surface area contributed by atoms with Gasteiger partial charge in [-0.25, -0.2) is 0 Å². The number of rotatable bonds is 3. The van der Waals surface area contributed by atoms with Gasteiger partial charge in [-0.3, -0.25) is 4.79 Å². The number of hydrogen-bond acceptors (Lipinski definition) is 3. The maximum atomic E-state index is 10.9. The van der Waals surface area contributed by atoms with Gasteiger partial charge >= 0.3 is 5.97 Å². The number of hydrogen-bond donors (Lipinski definition) is 0. The number of carbonyl (C=O) groups is 1. The summed E-state index contributed by atoms with van der Waals surface area (Å²) in [6, 6.07) is 0. The standard InChI is InChI=1S/C8H12O2S/c1-2-10-8(9)5-7-3-4-11-6-7/h3-4,7H,2,5-6H2,1H3. The molecule has 0 saturated carbocycles. The van der Waals surface area contributed by atoms with E-state index in [0.29, 0.717) is 18.9 Å². The molecule has 11 heavy (non-hydrogen) atoms. The zero-order chi connectivity index (χ0) is 8.10. The third-order valence-electron chi connectivity index (χ3n) is 1.49. The summed E-state index contributed by atoms with van der Waals surface area (Å²) in [6.45, 7) is 2.32. The monoisotopic (exact) mass is 172 g/mol. The van der Waals surface area contributed by atoms with Crippen LogP contribution in [0.4, 0.5) is 0 Å². The predicted molar refractivity (Wildman–Crippen MR) is 46.3 cm³/mol. The fraction of sp³-hybridized carbons (Fsp3) is 0.625. The Labute approximate surface area is 71.0 Å². The average Bonchev–Trinajstić information content (AvgIpc) is 2.40. The summed E-state index contributed by atoms with van der Waals surface area (Å²) in [5.74, 6) is 1.35. The molecule has 1 heterocycles. The molecule has 0 aromatic heterocycles. The first-order valence-corrected chi connectivity index (χ1v) is 4.81. The van der Waals surface area contributed by atoms with Crippen LogP contribution in [0.1, 0.15) is 13.3 Å². The van der Waals surface area contributed by atoms with Crippen LogP contribution >= 0.6 is 11.8 Å². The number of thioether (sulfide) groups is 1. The van der Waals surface area contributed by atoms with E-state index in [1.165, 1.54) is 0 Å². The van der Waals surface area contributed by atoms with Gasteiger partial charge in [0.25, 0.3) is 0 Å². The molecule has 0 radical (unpaired) electrons. The zero-order valence-corrected chi connectivity index (χ0v) is 7.39. The molecule has 1 atom stereocenters. The van der Waals surface area contributed by atoms with Crippen LogP contribution in [0, 0.1) is 5.92 Å². The molecule has 0 fully saturated rings. The number of allylic oxidation sites excluding steroid dienone is 1. The molecule has 0 bridgehead atoms. The van der Waals surface area contributed by atoms with E-state index in [1.807, 2.05) is 12.3 Å². The van der Waals surface area contributed by atoms with Crippen molar-refractivity contribution in [2.24, 2.45) is 5.92 Å². The highest BCUT2D eigenvalue weighted by atomic mass is 32.2. The molecule has 0 N–H and O–H groups in total. The Hall–Kier alpha value is -0.440. The van der Waals surface area contributed by atoms with Gasteiger partial charge < -0.3 is 4.74 Å². The first-order valence-electron chi connectivity index (χ1n) is 3.77. The Kier molecular flexibility index (Phi) is 3.49. The van der Waals surface area contributed by atoms with Gasteiger partial charge in [-0.05, 0) is 18.2 Å². The van der Waals surface area contributed by atoms with Crippen LogP contribution in [0.2, 0.25) is 0 Å². The molecule has 0 spiro atoms. The maximum Gasteiger partial charge on any atom is 0.306 e. The summed E-state index contributed by atoms with van der Waals surface area (Å²) >= 11 is 1.75. The predicted octanol–water partition coefficient (Wildman–Crippen LogP) is 1.82. The average molecular weight is 172 g/mol. The maximum absolute atomic E-state index is 10.9. The van der Waals surface area contributed by atoms with Gasteiger partial charge in [0.1, 0.15) is 0 Å². The van der Waals surface area contributed by atoms with Gasteiger partial charge in [-0.15, -0.1) is 11.8 Å². The number of ether oxygens (including phenoxy) is 1. The van der Waals surface area contributed by atoms with Crippen LogP contribution in [0.15, 0.2) is 11.5 Å². The third-order valence-corrected chi connectivity index (χ3v) is 2.46. The molecular weight excluding hydrogens is 160 g/mol. The molecule has 62 valence electrons. The van der Waals surface area contributed by atoms with E-state index < -0.39 is 0 Å². The Morgan fingerprint density at radius 1 is 1.82 bits per heavy atom. The van der Waals surface area contributed by atoms with Crippen molar-refractivity contribution in [3.8, 4) is 0 Å². The van der Waals surface area contributed by atoms with Gasteiger partial charge in [0.2, 0.25) is 0 Å². The molecule has 2 nitrogen and oxygen atoms in total. The summed E-state index contributed by atoms with van der Waals surface area (Å²) in [5, 5.41) is 2.05. The van der Waals surface area contributed by atoms with Crippen molar-refractivity contribution >= 4 is 17.7 Å².